The number of pyridine rings is 1. The van der Waals surface area contributed by atoms with E-state index < -0.39 is 0 Å². The first-order valence-electron chi connectivity index (χ1n) is 9.70. The van der Waals surface area contributed by atoms with Gasteiger partial charge in [0.2, 0.25) is 5.91 Å². The molecule has 1 saturated heterocycles. The molecule has 0 unspecified atom stereocenters. The van der Waals surface area contributed by atoms with Crippen LogP contribution < -0.4 is 9.80 Å². The van der Waals surface area contributed by atoms with Crippen molar-refractivity contribution in [3.63, 3.8) is 0 Å². The highest BCUT2D eigenvalue weighted by Crippen LogP contribution is 2.37. The average molecular weight is 365 g/mol. The van der Waals surface area contributed by atoms with E-state index in [9.17, 15) is 4.79 Å². The minimum absolute atomic E-state index is 0.215. The van der Waals surface area contributed by atoms with Gasteiger partial charge >= 0.3 is 0 Å². The van der Waals surface area contributed by atoms with Gasteiger partial charge in [0.05, 0.1) is 23.3 Å². The van der Waals surface area contributed by atoms with Gasteiger partial charge in [-0.05, 0) is 31.3 Å². The van der Waals surface area contributed by atoms with E-state index in [0.717, 1.165) is 56.3 Å². The number of rotatable bonds is 4. The molecule has 27 heavy (non-hydrogen) atoms. The van der Waals surface area contributed by atoms with Gasteiger partial charge in [-0.3, -0.25) is 9.78 Å². The smallest absolute Gasteiger partial charge is 0.228 e. The van der Waals surface area contributed by atoms with Crippen LogP contribution in [0.2, 0.25) is 0 Å². The van der Waals surface area contributed by atoms with Crippen LogP contribution in [0.5, 0.6) is 0 Å². The number of benzene rings is 1. The van der Waals surface area contributed by atoms with Crippen molar-refractivity contribution in [2.24, 2.45) is 0 Å². The van der Waals surface area contributed by atoms with E-state index in [1.54, 1.807) is 6.20 Å². The van der Waals surface area contributed by atoms with Crippen LogP contribution in [0, 0.1) is 0 Å². The zero-order valence-electron chi connectivity index (χ0n) is 15.9. The van der Waals surface area contributed by atoms with Crippen molar-refractivity contribution in [3.8, 4) is 0 Å². The van der Waals surface area contributed by atoms with Gasteiger partial charge in [0.1, 0.15) is 0 Å². The van der Waals surface area contributed by atoms with Crippen molar-refractivity contribution in [1.82, 2.24) is 14.8 Å². The lowest BCUT2D eigenvalue weighted by Gasteiger charge is -2.38. The van der Waals surface area contributed by atoms with Crippen LogP contribution in [0.4, 0.5) is 17.1 Å². The van der Waals surface area contributed by atoms with Crippen LogP contribution in [0.1, 0.15) is 6.42 Å². The van der Waals surface area contributed by atoms with E-state index in [4.69, 9.17) is 0 Å². The summed E-state index contributed by atoms with van der Waals surface area (Å²) in [7, 11) is 2.15. The third kappa shape index (κ3) is 3.96. The second kappa shape index (κ2) is 8.06. The summed E-state index contributed by atoms with van der Waals surface area (Å²) in [6.07, 6.45) is 4.24. The molecule has 4 rings (SSSR count). The van der Waals surface area contributed by atoms with Gasteiger partial charge in [-0.2, -0.15) is 0 Å². The Hall–Kier alpha value is -2.44. The van der Waals surface area contributed by atoms with Crippen LogP contribution in [-0.4, -0.2) is 73.6 Å². The molecule has 0 N–H and O–H groups in total. The molecule has 6 nitrogen and oxygen atoms in total. The summed E-state index contributed by atoms with van der Waals surface area (Å²) >= 11 is 0. The molecule has 0 radical (unpaired) electrons. The largest absolute Gasteiger partial charge is 0.337 e. The molecule has 0 spiro atoms. The Morgan fingerprint density at radius 1 is 0.963 bits per heavy atom. The maximum atomic E-state index is 13.0. The number of hydrogen-bond donors (Lipinski definition) is 0. The second-order valence-corrected chi connectivity index (χ2v) is 7.29. The minimum Gasteiger partial charge on any atom is -0.337 e. The van der Waals surface area contributed by atoms with Gasteiger partial charge in [-0.1, -0.05) is 12.1 Å². The number of likely N-dealkylation sites (N-methyl/N-ethyl adjacent to an activating group) is 1. The Morgan fingerprint density at radius 3 is 2.48 bits per heavy atom. The molecule has 0 bridgehead atoms. The normalized spacial score (nSPS) is 18.4. The highest BCUT2D eigenvalue weighted by molar-refractivity contribution is 5.98. The molecule has 2 aliphatic rings. The zero-order chi connectivity index (χ0) is 18.6. The van der Waals surface area contributed by atoms with Crippen molar-refractivity contribution < 1.29 is 4.79 Å². The quantitative estimate of drug-likeness (QED) is 0.831. The molecular formula is C21H27N5O. The molecule has 0 aliphatic carbocycles. The van der Waals surface area contributed by atoms with E-state index in [0.29, 0.717) is 13.0 Å². The Morgan fingerprint density at radius 2 is 1.74 bits per heavy atom. The molecule has 0 atom stereocenters. The standard InChI is InChI=1S/C21H27N5O/c1-23-11-13-24(14-12-23)10-8-21(27)26-16-15-25(18-5-4-9-22-17-18)19-6-2-3-7-20(19)26/h2-7,9,17H,8,10-16H2,1H3. The number of piperazine rings is 1. The summed E-state index contributed by atoms with van der Waals surface area (Å²) in [6.45, 7) is 6.60. The summed E-state index contributed by atoms with van der Waals surface area (Å²) in [5.41, 5.74) is 3.13. The minimum atomic E-state index is 0.215. The molecule has 3 heterocycles. The summed E-state index contributed by atoms with van der Waals surface area (Å²) in [6, 6.07) is 12.2. The average Bonchev–Trinajstić information content (AvgIpc) is 2.73. The molecule has 1 fully saturated rings. The number of fused-ring (bicyclic) bond motifs is 1. The number of carbonyl (C=O) groups excluding carboxylic acids is 1. The molecule has 6 heteroatoms. The fraction of sp³-hybridized carbons (Fsp3) is 0.429. The predicted octanol–water partition coefficient (Wildman–Crippen LogP) is 2.20. The lowest BCUT2D eigenvalue weighted by atomic mass is 10.1. The van der Waals surface area contributed by atoms with Crippen molar-refractivity contribution in [2.75, 3.05) is 62.7 Å². The molecule has 1 amide bonds. The fourth-order valence-electron chi connectivity index (χ4n) is 3.86. The van der Waals surface area contributed by atoms with E-state index in [2.05, 4.69) is 38.9 Å². The molecule has 1 aromatic heterocycles. The third-order valence-electron chi connectivity index (χ3n) is 5.51. The Labute approximate surface area is 161 Å². The first kappa shape index (κ1) is 17.9. The maximum Gasteiger partial charge on any atom is 0.228 e. The lowest BCUT2D eigenvalue weighted by Crippen LogP contribution is -2.47. The van der Waals surface area contributed by atoms with Crippen LogP contribution in [0.3, 0.4) is 0 Å². The Balaban J connectivity index is 1.46. The van der Waals surface area contributed by atoms with Crippen LogP contribution >= 0.6 is 0 Å². The topological polar surface area (TPSA) is 42.9 Å². The number of amides is 1. The first-order chi connectivity index (χ1) is 13.2. The van der Waals surface area contributed by atoms with E-state index in [1.165, 1.54) is 0 Å². The van der Waals surface area contributed by atoms with Crippen molar-refractivity contribution in [3.05, 3.63) is 48.8 Å². The highest BCUT2D eigenvalue weighted by atomic mass is 16.2. The lowest BCUT2D eigenvalue weighted by molar-refractivity contribution is -0.119. The van der Waals surface area contributed by atoms with Crippen LogP contribution in [0.25, 0.3) is 0 Å². The van der Waals surface area contributed by atoms with Gasteiger partial charge < -0.3 is 19.6 Å². The summed E-state index contributed by atoms with van der Waals surface area (Å²) in [4.78, 5) is 26.1. The SMILES string of the molecule is CN1CCN(CCC(=O)N2CCN(c3cccnc3)c3ccccc32)CC1. The van der Waals surface area contributed by atoms with Gasteiger partial charge in [-0.25, -0.2) is 0 Å². The van der Waals surface area contributed by atoms with Gasteiger partial charge in [0.25, 0.3) is 0 Å². The number of hydrogen-bond acceptors (Lipinski definition) is 5. The van der Waals surface area contributed by atoms with Gasteiger partial charge in [0, 0.05) is 58.4 Å². The summed E-state index contributed by atoms with van der Waals surface area (Å²) < 4.78 is 0. The first-order valence-corrected chi connectivity index (χ1v) is 9.70. The third-order valence-corrected chi connectivity index (χ3v) is 5.51. The molecule has 2 aromatic rings. The number of carbonyl (C=O) groups is 1. The predicted molar refractivity (Wildman–Crippen MR) is 109 cm³/mol. The fourth-order valence-corrected chi connectivity index (χ4v) is 3.86. The van der Waals surface area contributed by atoms with Crippen molar-refractivity contribution in [1.29, 1.82) is 0 Å². The monoisotopic (exact) mass is 365 g/mol. The number of aromatic nitrogens is 1. The molecular weight excluding hydrogens is 338 g/mol. The molecule has 0 saturated carbocycles. The summed E-state index contributed by atoms with van der Waals surface area (Å²) in [5.74, 6) is 0.215. The second-order valence-electron chi connectivity index (χ2n) is 7.29. The number of anilines is 3. The van der Waals surface area contributed by atoms with Gasteiger partial charge in [-0.15, -0.1) is 0 Å². The Bertz CT molecular complexity index is 773. The number of nitrogens with zero attached hydrogens (tertiary/aromatic N) is 5. The summed E-state index contributed by atoms with van der Waals surface area (Å²) in [5, 5.41) is 0. The van der Waals surface area contributed by atoms with Gasteiger partial charge in [0.15, 0.2) is 0 Å². The van der Waals surface area contributed by atoms with E-state index in [1.807, 2.05) is 35.4 Å². The molecule has 1 aromatic carbocycles. The number of para-hydroxylation sites is 2. The van der Waals surface area contributed by atoms with E-state index in [-0.39, 0.29) is 5.91 Å². The molecule has 142 valence electrons. The van der Waals surface area contributed by atoms with Crippen molar-refractivity contribution >= 4 is 23.0 Å². The van der Waals surface area contributed by atoms with E-state index >= 15 is 0 Å². The van der Waals surface area contributed by atoms with Crippen LogP contribution in [0.15, 0.2) is 48.8 Å². The molecule has 2 aliphatic heterocycles. The zero-order valence-corrected chi connectivity index (χ0v) is 15.9. The maximum absolute atomic E-state index is 13.0. The highest BCUT2D eigenvalue weighted by Gasteiger charge is 2.27. The van der Waals surface area contributed by atoms with Crippen molar-refractivity contribution in [2.45, 2.75) is 6.42 Å². The Kier molecular flexibility index (Phi) is 5.36. The van der Waals surface area contributed by atoms with Crippen LogP contribution in [-0.2, 0) is 4.79 Å².